The molecule has 0 fully saturated rings. The summed E-state index contributed by atoms with van der Waals surface area (Å²) in [5, 5.41) is 13.4. The zero-order valence-electron chi connectivity index (χ0n) is 19.5. The first kappa shape index (κ1) is 18.6. The van der Waals surface area contributed by atoms with E-state index in [1.165, 1.54) is 87.2 Å². The molecule has 0 heterocycles. The molecule has 0 saturated heterocycles. The fourth-order valence-corrected chi connectivity index (χ4v) is 6.68. The van der Waals surface area contributed by atoms with E-state index < -0.39 is 0 Å². The Labute approximate surface area is 208 Å². The van der Waals surface area contributed by atoms with E-state index in [-0.39, 0.29) is 0 Å². The normalized spacial score (nSPS) is 12.4. The van der Waals surface area contributed by atoms with Crippen molar-refractivity contribution >= 4 is 53.9 Å². The molecular formula is C36H20. The summed E-state index contributed by atoms with van der Waals surface area (Å²) in [6.45, 7) is 0. The van der Waals surface area contributed by atoms with Crippen molar-refractivity contribution in [3.63, 3.8) is 0 Å². The summed E-state index contributed by atoms with van der Waals surface area (Å²) in [6, 6.07) is 45.3. The monoisotopic (exact) mass is 452 g/mol. The molecule has 0 aliphatic heterocycles. The second kappa shape index (κ2) is 6.50. The maximum absolute atomic E-state index is 2.43. The van der Waals surface area contributed by atoms with E-state index in [1.54, 1.807) is 0 Å². The predicted octanol–water partition coefficient (Wildman–Crippen LogP) is 10.2. The van der Waals surface area contributed by atoms with Crippen LogP contribution in [0.5, 0.6) is 0 Å². The van der Waals surface area contributed by atoms with Crippen molar-refractivity contribution in [1.82, 2.24) is 0 Å². The van der Waals surface area contributed by atoms with Crippen molar-refractivity contribution < 1.29 is 0 Å². The average molecular weight is 453 g/mol. The van der Waals surface area contributed by atoms with Crippen LogP contribution in [0.3, 0.4) is 0 Å². The summed E-state index contributed by atoms with van der Waals surface area (Å²) in [5.74, 6) is 0. The van der Waals surface area contributed by atoms with E-state index in [9.17, 15) is 0 Å². The lowest BCUT2D eigenvalue weighted by molar-refractivity contribution is 1.67. The van der Waals surface area contributed by atoms with Gasteiger partial charge in [0.2, 0.25) is 0 Å². The van der Waals surface area contributed by atoms with Crippen molar-refractivity contribution in [2.24, 2.45) is 0 Å². The molecule has 0 spiro atoms. The third kappa shape index (κ3) is 2.29. The van der Waals surface area contributed by atoms with Crippen LogP contribution >= 0.6 is 0 Å². The molecule has 36 heavy (non-hydrogen) atoms. The van der Waals surface area contributed by atoms with Crippen molar-refractivity contribution in [1.29, 1.82) is 0 Å². The van der Waals surface area contributed by atoms with Gasteiger partial charge in [0.05, 0.1) is 0 Å². The number of hydrogen-bond donors (Lipinski definition) is 0. The van der Waals surface area contributed by atoms with Gasteiger partial charge in [-0.15, -0.1) is 0 Å². The minimum atomic E-state index is 1.27. The molecule has 0 aromatic heterocycles. The van der Waals surface area contributed by atoms with Crippen LogP contribution in [-0.4, -0.2) is 0 Å². The Balaban J connectivity index is 1.46. The Morgan fingerprint density at radius 1 is 0.278 bits per heavy atom. The van der Waals surface area contributed by atoms with Crippen LogP contribution in [0.4, 0.5) is 0 Å². The minimum Gasteiger partial charge on any atom is -0.0622 e. The number of fused-ring (bicyclic) bond motifs is 5. The van der Waals surface area contributed by atoms with Gasteiger partial charge < -0.3 is 0 Å². The molecule has 0 atom stereocenters. The molecule has 0 nitrogen and oxygen atoms in total. The van der Waals surface area contributed by atoms with E-state index in [0.717, 1.165) is 0 Å². The molecule has 8 aromatic carbocycles. The topological polar surface area (TPSA) is 0 Å². The Kier molecular flexibility index (Phi) is 3.36. The van der Waals surface area contributed by atoms with Crippen LogP contribution in [0, 0.1) is 0 Å². The smallest absolute Gasteiger partial charge is 0.000807 e. The zero-order chi connectivity index (χ0) is 23.4. The fourth-order valence-electron chi connectivity index (χ4n) is 6.68. The van der Waals surface area contributed by atoms with Gasteiger partial charge in [-0.25, -0.2) is 0 Å². The third-order valence-electron chi connectivity index (χ3n) is 8.25. The van der Waals surface area contributed by atoms with Crippen LogP contribution in [0.25, 0.3) is 87.2 Å². The van der Waals surface area contributed by atoms with Crippen LogP contribution < -0.4 is 0 Å². The lowest BCUT2D eigenvalue weighted by atomic mass is 9.86. The van der Waals surface area contributed by atoms with Crippen molar-refractivity contribution in [3.05, 3.63) is 121 Å². The number of hydrogen-bond acceptors (Lipinski definition) is 0. The van der Waals surface area contributed by atoms with Crippen molar-refractivity contribution in [2.45, 2.75) is 0 Å². The molecule has 0 unspecified atom stereocenters. The summed E-state index contributed by atoms with van der Waals surface area (Å²) in [6.07, 6.45) is 0. The van der Waals surface area contributed by atoms with E-state index >= 15 is 0 Å². The summed E-state index contributed by atoms with van der Waals surface area (Å²) >= 11 is 0. The molecule has 0 heteroatoms. The van der Waals surface area contributed by atoms with Gasteiger partial charge in [0, 0.05) is 0 Å². The molecule has 164 valence electrons. The van der Waals surface area contributed by atoms with Crippen LogP contribution in [0.2, 0.25) is 0 Å². The van der Waals surface area contributed by atoms with Crippen LogP contribution in [0.1, 0.15) is 0 Å². The first-order valence-electron chi connectivity index (χ1n) is 12.6. The molecule has 0 radical (unpaired) electrons. The van der Waals surface area contributed by atoms with Gasteiger partial charge in [-0.05, 0) is 124 Å². The highest BCUT2D eigenvalue weighted by molar-refractivity contribution is 6.34. The predicted molar refractivity (Wildman–Crippen MR) is 155 cm³/mol. The maximum atomic E-state index is 2.43. The fraction of sp³-hybridized carbons (Fsp3) is 0. The SMILES string of the molecule is c1ccc(-c2cc3cccc4cc5c6c(ccc2c6c34)-c2cc3cc4ccccc4cc3cc2-5)cc1. The molecule has 1 aliphatic rings. The first-order chi connectivity index (χ1) is 17.8. The van der Waals surface area contributed by atoms with E-state index in [4.69, 9.17) is 0 Å². The van der Waals surface area contributed by atoms with E-state index in [2.05, 4.69) is 121 Å². The Hall–Kier alpha value is -4.68. The summed E-state index contributed by atoms with van der Waals surface area (Å²) < 4.78 is 0. The van der Waals surface area contributed by atoms with Crippen molar-refractivity contribution in [2.75, 3.05) is 0 Å². The highest BCUT2D eigenvalue weighted by Gasteiger charge is 2.26. The van der Waals surface area contributed by atoms with Gasteiger partial charge in [0.1, 0.15) is 0 Å². The lowest BCUT2D eigenvalue weighted by Crippen LogP contribution is -1.89. The van der Waals surface area contributed by atoms with E-state index in [0.29, 0.717) is 0 Å². The molecule has 0 N–H and O–H groups in total. The molecule has 9 rings (SSSR count). The summed E-state index contributed by atoms with van der Waals surface area (Å²) in [4.78, 5) is 0. The third-order valence-corrected chi connectivity index (χ3v) is 8.25. The molecule has 1 aliphatic carbocycles. The first-order valence-corrected chi connectivity index (χ1v) is 12.6. The number of benzene rings is 8. The molecule has 8 aromatic rings. The van der Waals surface area contributed by atoms with Gasteiger partial charge in [-0.2, -0.15) is 0 Å². The van der Waals surface area contributed by atoms with E-state index in [1.807, 2.05) is 0 Å². The lowest BCUT2D eigenvalue weighted by Gasteiger charge is -2.16. The maximum Gasteiger partial charge on any atom is -0.000807 e. The Bertz CT molecular complexity index is 2180. The largest absolute Gasteiger partial charge is 0.0622 e. The van der Waals surface area contributed by atoms with Gasteiger partial charge in [0.15, 0.2) is 0 Å². The average Bonchev–Trinajstić information content (AvgIpc) is 3.24. The van der Waals surface area contributed by atoms with Crippen molar-refractivity contribution in [3.8, 4) is 33.4 Å². The number of rotatable bonds is 1. The molecule has 0 amide bonds. The molecular weight excluding hydrogens is 432 g/mol. The second-order valence-corrected chi connectivity index (χ2v) is 10.1. The van der Waals surface area contributed by atoms with Gasteiger partial charge in [-0.3, -0.25) is 0 Å². The quantitative estimate of drug-likeness (QED) is 0.172. The van der Waals surface area contributed by atoms with Crippen LogP contribution in [0.15, 0.2) is 121 Å². The molecule has 0 saturated carbocycles. The Morgan fingerprint density at radius 3 is 1.58 bits per heavy atom. The van der Waals surface area contributed by atoms with Gasteiger partial charge in [0.25, 0.3) is 0 Å². The standard InChI is InChI=1S/C36H20/c1-2-7-21(8-3-1)30-17-24-11-6-12-25-18-33-32-20-27-16-23-10-5-4-9-22(23)15-26(27)19-31(32)29-14-13-28(30)36(34(24)25)35(29)33/h1-20H. The second-order valence-electron chi connectivity index (χ2n) is 10.1. The highest BCUT2D eigenvalue weighted by Crippen LogP contribution is 2.53. The summed E-state index contributed by atoms with van der Waals surface area (Å²) in [5.41, 5.74) is 8.02. The van der Waals surface area contributed by atoms with Gasteiger partial charge >= 0.3 is 0 Å². The highest BCUT2D eigenvalue weighted by atomic mass is 14.3. The Morgan fingerprint density at radius 2 is 0.861 bits per heavy atom. The van der Waals surface area contributed by atoms with Gasteiger partial charge in [-0.1, -0.05) is 84.9 Å². The zero-order valence-corrected chi connectivity index (χ0v) is 19.5. The molecule has 0 bridgehead atoms. The van der Waals surface area contributed by atoms with Crippen LogP contribution in [-0.2, 0) is 0 Å². The minimum absolute atomic E-state index is 1.27. The summed E-state index contributed by atoms with van der Waals surface area (Å²) in [7, 11) is 0.